The Morgan fingerprint density at radius 1 is 1.20 bits per heavy atom. The molecule has 0 saturated carbocycles. The van der Waals surface area contributed by atoms with Gasteiger partial charge in [-0.05, 0) is 0 Å². The van der Waals surface area contributed by atoms with Crippen LogP contribution in [0.5, 0.6) is 0 Å². The van der Waals surface area contributed by atoms with Gasteiger partial charge in [0.2, 0.25) is 0 Å². The summed E-state index contributed by atoms with van der Waals surface area (Å²) in [6.45, 7) is 2.19. The maximum atomic E-state index is 12.4. The van der Waals surface area contributed by atoms with Gasteiger partial charge in [-0.15, -0.1) is 0 Å². The van der Waals surface area contributed by atoms with Crippen LogP contribution in [-0.2, 0) is 9.05 Å². The summed E-state index contributed by atoms with van der Waals surface area (Å²) in [5, 5.41) is 0. The molecule has 3 nitrogen and oxygen atoms in total. The first-order valence-corrected chi connectivity index (χ1v) is 4.70. The summed E-state index contributed by atoms with van der Waals surface area (Å²) in [7, 11) is -6.16. The van der Waals surface area contributed by atoms with E-state index in [2.05, 4.69) is 9.05 Å². The van der Waals surface area contributed by atoms with Gasteiger partial charge in [0.15, 0.2) is 0 Å². The molecule has 0 heterocycles. The van der Waals surface area contributed by atoms with Gasteiger partial charge in [-0.1, -0.05) is 0 Å². The number of hydrogen-bond donors (Lipinski definition) is 1. The molecule has 6 heteroatoms. The van der Waals surface area contributed by atoms with E-state index in [-0.39, 0.29) is 13.2 Å². The second kappa shape index (κ2) is 3.05. The van der Waals surface area contributed by atoms with Crippen molar-refractivity contribution < 1.29 is 22.3 Å². The third-order valence-electron chi connectivity index (χ3n) is 0.674. The SMILES string of the molecule is CCOP(O)(F)(F)OCC. The van der Waals surface area contributed by atoms with Gasteiger partial charge in [0.1, 0.15) is 0 Å². The molecule has 0 radical (unpaired) electrons. The van der Waals surface area contributed by atoms with E-state index in [4.69, 9.17) is 4.89 Å². The van der Waals surface area contributed by atoms with Gasteiger partial charge < -0.3 is 0 Å². The summed E-state index contributed by atoms with van der Waals surface area (Å²) in [4.78, 5) is 8.33. The van der Waals surface area contributed by atoms with Crippen LogP contribution < -0.4 is 0 Å². The van der Waals surface area contributed by atoms with E-state index >= 15 is 0 Å². The van der Waals surface area contributed by atoms with E-state index in [9.17, 15) is 8.39 Å². The first-order valence-electron chi connectivity index (χ1n) is 2.89. The number of rotatable bonds is 4. The zero-order valence-corrected chi connectivity index (χ0v) is 6.78. The number of hydrogen-bond acceptors (Lipinski definition) is 3. The van der Waals surface area contributed by atoms with Gasteiger partial charge in [0.25, 0.3) is 0 Å². The van der Waals surface area contributed by atoms with Crippen molar-refractivity contribution in [2.45, 2.75) is 13.8 Å². The van der Waals surface area contributed by atoms with E-state index in [1.54, 1.807) is 0 Å². The Morgan fingerprint density at radius 2 is 1.50 bits per heavy atom. The molecule has 0 unspecified atom stereocenters. The summed E-state index contributed by atoms with van der Waals surface area (Å²) < 4.78 is 32.3. The fraction of sp³-hybridized carbons (Fsp3) is 1.00. The Balaban J connectivity index is 3.97. The van der Waals surface area contributed by atoms with E-state index in [1.807, 2.05) is 0 Å². The second-order valence-corrected chi connectivity index (χ2v) is 3.54. The Bertz CT molecular complexity index is 101. The predicted octanol–water partition coefficient (Wildman–Crippen LogP) is 2.12. The van der Waals surface area contributed by atoms with Crippen LogP contribution in [0.25, 0.3) is 0 Å². The topological polar surface area (TPSA) is 38.7 Å². The average molecular weight is 176 g/mol. The van der Waals surface area contributed by atoms with Crippen LogP contribution in [0.3, 0.4) is 0 Å². The van der Waals surface area contributed by atoms with Crippen LogP contribution in [0.1, 0.15) is 13.8 Å². The van der Waals surface area contributed by atoms with E-state index in [1.165, 1.54) is 13.8 Å². The second-order valence-electron chi connectivity index (χ2n) is 1.56. The minimum absolute atomic E-state index is 0.263. The molecule has 1 N–H and O–H groups in total. The Morgan fingerprint density at radius 3 is 1.70 bits per heavy atom. The minimum atomic E-state index is -6.16. The quantitative estimate of drug-likeness (QED) is 0.666. The summed E-state index contributed by atoms with van der Waals surface area (Å²) in [5.74, 6) is 0. The molecule has 0 saturated heterocycles. The van der Waals surface area contributed by atoms with Crippen LogP contribution in [0.15, 0.2) is 0 Å². The summed E-state index contributed by atoms with van der Waals surface area (Å²) in [5.41, 5.74) is 0. The molecule has 0 spiro atoms. The van der Waals surface area contributed by atoms with Gasteiger partial charge in [-0.25, -0.2) is 0 Å². The van der Waals surface area contributed by atoms with Crippen molar-refractivity contribution in [3.63, 3.8) is 0 Å². The van der Waals surface area contributed by atoms with Gasteiger partial charge in [-0.2, -0.15) is 0 Å². The zero-order chi connectivity index (χ0) is 8.28. The fourth-order valence-electron chi connectivity index (χ4n) is 0.453. The molecule has 64 valence electrons. The number of halogens is 2. The third kappa shape index (κ3) is 4.06. The van der Waals surface area contributed by atoms with E-state index in [0.717, 1.165) is 0 Å². The van der Waals surface area contributed by atoms with Crippen LogP contribution in [0.4, 0.5) is 8.39 Å². The van der Waals surface area contributed by atoms with Crippen molar-refractivity contribution >= 4 is 7.91 Å². The molecule has 0 aromatic carbocycles. The van der Waals surface area contributed by atoms with Gasteiger partial charge in [0.05, 0.1) is 0 Å². The summed E-state index contributed by atoms with van der Waals surface area (Å²) >= 11 is 0. The van der Waals surface area contributed by atoms with Crippen LogP contribution in [0.2, 0.25) is 0 Å². The molecule has 0 amide bonds. The molecule has 0 fully saturated rings. The molecule has 0 rings (SSSR count). The standard InChI is InChI=1S/C4H11F2O3P/c1-3-8-10(5,6,7)9-4-2/h7H,3-4H2,1-2H3. The average Bonchev–Trinajstić information content (AvgIpc) is 1.61. The molecule has 0 aliphatic rings. The van der Waals surface area contributed by atoms with Crippen molar-refractivity contribution in [1.82, 2.24) is 0 Å². The normalized spacial score (nSPS) is 16.3. The van der Waals surface area contributed by atoms with Gasteiger partial charge in [0, 0.05) is 0 Å². The Kier molecular flexibility index (Phi) is 3.10. The predicted molar refractivity (Wildman–Crippen MR) is 34.6 cm³/mol. The van der Waals surface area contributed by atoms with Crippen LogP contribution in [-0.4, -0.2) is 18.1 Å². The third-order valence-corrected chi connectivity index (χ3v) is 2.02. The van der Waals surface area contributed by atoms with Crippen molar-refractivity contribution in [2.75, 3.05) is 13.2 Å². The first kappa shape index (κ1) is 10.2. The van der Waals surface area contributed by atoms with Crippen molar-refractivity contribution in [3.05, 3.63) is 0 Å². The molecule has 0 aliphatic heterocycles. The van der Waals surface area contributed by atoms with Crippen LogP contribution >= 0.6 is 7.91 Å². The molecular formula is C4H11F2O3P. The van der Waals surface area contributed by atoms with Crippen molar-refractivity contribution in [1.29, 1.82) is 0 Å². The molecule has 0 aromatic heterocycles. The van der Waals surface area contributed by atoms with Crippen molar-refractivity contribution in [2.24, 2.45) is 0 Å². The van der Waals surface area contributed by atoms with Gasteiger partial charge >= 0.3 is 57.3 Å². The molecule has 0 aromatic rings. The molecule has 0 atom stereocenters. The summed E-state index contributed by atoms with van der Waals surface area (Å²) in [6, 6.07) is 0. The Hall–Kier alpha value is 0.170. The molecule has 0 aliphatic carbocycles. The van der Waals surface area contributed by atoms with E-state index in [0.29, 0.717) is 0 Å². The van der Waals surface area contributed by atoms with Gasteiger partial charge in [-0.3, -0.25) is 0 Å². The fourth-order valence-corrected chi connectivity index (χ4v) is 1.36. The zero-order valence-electron chi connectivity index (χ0n) is 5.88. The van der Waals surface area contributed by atoms with Crippen LogP contribution in [0, 0.1) is 0 Å². The van der Waals surface area contributed by atoms with Crippen molar-refractivity contribution in [3.8, 4) is 0 Å². The first-order chi connectivity index (χ1) is 4.39. The Labute approximate surface area is 58.4 Å². The molecule has 0 bridgehead atoms. The molecular weight excluding hydrogens is 165 g/mol. The monoisotopic (exact) mass is 176 g/mol. The van der Waals surface area contributed by atoms with E-state index < -0.39 is 7.91 Å². The maximum absolute atomic E-state index is 12.4. The summed E-state index contributed by atoms with van der Waals surface area (Å²) in [6.07, 6.45) is 0. The molecule has 10 heavy (non-hydrogen) atoms.